The van der Waals surface area contributed by atoms with Crippen LogP contribution in [0, 0.1) is 0 Å². The van der Waals surface area contributed by atoms with E-state index in [0.29, 0.717) is 25.2 Å². The number of hydrogen-bond acceptors (Lipinski definition) is 3. The van der Waals surface area contributed by atoms with Crippen molar-refractivity contribution in [2.45, 2.75) is 26.3 Å². The van der Waals surface area contributed by atoms with Crippen molar-refractivity contribution < 1.29 is 9.59 Å². The lowest BCUT2D eigenvalue weighted by Gasteiger charge is -2.26. The molecule has 0 atom stereocenters. The molecular weight excluding hydrogens is 457 g/mol. The zero-order chi connectivity index (χ0) is 18.9. The molecule has 0 saturated carbocycles. The summed E-state index contributed by atoms with van der Waals surface area (Å²) in [5.74, 6) is 0.649. The van der Waals surface area contributed by atoms with E-state index in [4.69, 9.17) is 0 Å². The number of nitrogens with zero attached hydrogens (tertiary/aromatic N) is 3. The van der Waals surface area contributed by atoms with Crippen LogP contribution in [0.5, 0.6) is 0 Å². The van der Waals surface area contributed by atoms with Gasteiger partial charge < -0.3 is 20.4 Å². The van der Waals surface area contributed by atoms with Gasteiger partial charge in [0.05, 0.1) is 6.54 Å². The van der Waals surface area contributed by atoms with Gasteiger partial charge in [-0.3, -0.25) is 14.6 Å². The SMILES string of the molecule is CCCCN(C)C(=NC)NCc1ccc(C(=O)N2CCNC(=O)C2)cc1.I. The van der Waals surface area contributed by atoms with E-state index >= 15 is 0 Å². The Morgan fingerprint density at radius 1 is 1.33 bits per heavy atom. The minimum Gasteiger partial charge on any atom is -0.353 e. The fourth-order valence-electron chi connectivity index (χ4n) is 2.83. The summed E-state index contributed by atoms with van der Waals surface area (Å²) in [7, 11) is 3.81. The summed E-state index contributed by atoms with van der Waals surface area (Å²) in [5.41, 5.74) is 1.68. The predicted octanol–water partition coefficient (Wildman–Crippen LogP) is 1.68. The van der Waals surface area contributed by atoms with Crippen molar-refractivity contribution in [3.63, 3.8) is 0 Å². The summed E-state index contributed by atoms with van der Waals surface area (Å²) < 4.78 is 0. The molecular formula is C19H30IN5O2. The molecule has 8 heteroatoms. The lowest BCUT2D eigenvalue weighted by atomic mass is 10.1. The van der Waals surface area contributed by atoms with Crippen LogP contribution in [0.2, 0.25) is 0 Å². The van der Waals surface area contributed by atoms with Crippen LogP contribution in [0.15, 0.2) is 29.3 Å². The summed E-state index contributed by atoms with van der Waals surface area (Å²) in [4.78, 5) is 31.9. The standard InChI is InChI=1S/C19H29N5O2.HI/c1-4-5-11-23(3)19(20-2)22-13-15-6-8-16(9-7-15)18(26)24-12-10-21-17(25)14-24;/h6-9H,4-5,10-14H2,1-3H3,(H,20,22)(H,21,25);1H. The zero-order valence-corrected chi connectivity index (χ0v) is 18.7. The first-order valence-electron chi connectivity index (χ1n) is 9.11. The number of carbonyl (C=O) groups is 2. The maximum Gasteiger partial charge on any atom is 0.254 e. The largest absolute Gasteiger partial charge is 0.353 e. The number of aliphatic imine (C=N–C) groups is 1. The summed E-state index contributed by atoms with van der Waals surface area (Å²) >= 11 is 0. The van der Waals surface area contributed by atoms with Crippen LogP contribution in [-0.2, 0) is 11.3 Å². The van der Waals surface area contributed by atoms with Crippen LogP contribution in [0.3, 0.4) is 0 Å². The lowest BCUT2D eigenvalue weighted by molar-refractivity contribution is -0.123. The van der Waals surface area contributed by atoms with Crippen molar-refractivity contribution in [3.05, 3.63) is 35.4 Å². The molecule has 0 unspecified atom stereocenters. The third-order valence-corrected chi connectivity index (χ3v) is 4.40. The van der Waals surface area contributed by atoms with E-state index in [-0.39, 0.29) is 42.3 Å². The van der Waals surface area contributed by atoms with Crippen LogP contribution in [0.25, 0.3) is 0 Å². The van der Waals surface area contributed by atoms with E-state index < -0.39 is 0 Å². The molecule has 0 aliphatic carbocycles. The third kappa shape index (κ3) is 7.00. The molecule has 2 rings (SSSR count). The van der Waals surface area contributed by atoms with E-state index in [2.05, 4.69) is 27.4 Å². The average molecular weight is 487 g/mol. The Hall–Kier alpha value is -1.84. The molecule has 0 spiro atoms. The number of rotatable bonds is 6. The maximum atomic E-state index is 12.5. The number of unbranched alkanes of at least 4 members (excludes halogenated alkanes) is 1. The fraction of sp³-hybridized carbons (Fsp3) is 0.526. The highest BCUT2D eigenvalue weighted by molar-refractivity contribution is 14.0. The Morgan fingerprint density at radius 2 is 2.04 bits per heavy atom. The Morgan fingerprint density at radius 3 is 2.63 bits per heavy atom. The first kappa shape index (κ1) is 23.2. The molecule has 150 valence electrons. The molecule has 2 N–H and O–H groups in total. The first-order chi connectivity index (χ1) is 12.5. The van der Waals surface area contributed by atoms with E-state index in [1.165, 1.54) is 0 Å². The van der Waals surface area contributed by atoms with Gasteiger partial charge >= 0.3 is 0 Å². The van der Waals surface area contributed by atoms with Gasteiger partial charge in [0.25, 0.3) is 5.91 Å². The number of carbonyl (C=O) groups excluding carboxylic acids is 2. The van der Waals surface area contributed by atoms with Gasteiger partial charge in [0.15, 0.2) is 5.96 Å². The Balaban J connectivity index is 0.00000364. The minimum absolute atomic E-state index is 0. The van der Waals surface area contributed by atoms with E-state index in [1.54, 1.807) is 11.9 Å². The molecule has 1 heterocycles. The minimum atomic E-state index is -0.107. The number of guanidine groups is 1. The molecule has 1 saturated heterocycles. The summed E-state index contributed by atoms with van der Waals surface area (Å²) in [6, 6.07) is 7.50. The monoisotopic (exact) mass is 487 g/mol. The van der Waals surface area contributed by atoms with E-state index in [0.717, 1.165) is 30.9 Å². The molecule has 1 aromatic carbocycles. The molecule has 7 nitrogen and oxygen atoms in total. The van der Waals surface area contributed by atoms with Crippen LogP contribution in [0.1, 0.15) is 35.7 Å². The fourth-order valence-corrected chi connectivity index (χ4v) is 2.83. The maximum absolute atomic E-state index is 12.5. The first-order valence-corrected chi connectivity index (χ1v) is 9.11. The van der Waals surface area contributed by atoms with Crippen molar-refractivity contribution in [1.29, 1.82) is 0 Å². The number of amides is 2. The summed E-state index contributed by atoms with van der Waals surface area (Å²) in [6.45, 7) is 4.97. The molecule has 1 aliphatic rings. The number of halogens is 1. The molecule has 2 amide bonds. The quantitative estimate of drug-likeness (QED) is 0.364. The molecule has 1 fully saturated rings. The van der Waals surface area contributed by atoms with E-state index in [1.807, 2.05) is 31.3 Å². The van der Waals surface area contributed by atoms with Crippen molar-refractivity contribution in [2.24, 2.45) is 4.99 Å². The normalized spacial score (nSPS) is 14.3. The van der Waals surface area contributed by atoms with Crippen LogP contribution in [0.4, 0.5) is 0 Å². The highest BCUT2D eigenvalue weighted by Crippen LogP contribution is 2.09. The highest BCUT2D eigenvalue weighted by atomic mass is 127. The lowest BCUT2D eigenvalue weighted by Crippen LogP contribution is -2.49. The molecule has 0 bridgehead atoms. The number of nitrogens with one attached hydrogen (secondary N) is 2. The van der Waals surface area contributed by atoms with Gasteiger partial charge in [-0.15, -0.1) is 24.0 Å². The Kier molecular flexibility index (Phi) is 10.1. The molecule has 0 radical (unpaired) electrons. The summed E-state index contributed by atoms with van der Waals surface area (Å²) in [5, 5.41) is 6.07. The van der Waals surface area contributed by atoms with Crippen LogP contribution in [-0.4, -0.2) is 67.8 Å². The number of piperazine rings is 1. The molecule has 27 heavy (non-hydrogen) atoms. The third-order valence-electron chi connectivity index (χ3n) is 4.40. The van der Waals surface area contributed by atoms with Crippen molar-refractivity contribution in [3.8, 4) is 0 Å². The van der Waals surface area contributed by atoms with Gasteiger partial charge in [-0.05, 0) is 24.1 Å². The van der Waals surface area contributed by atoms with Crippen LogP contribution < -0.4 is 10.6 Å². The van der Waals surface area contributed by atoms with Gasteiger partial charge in [-0.25, -0.2) is 0 Å². The number of benzene rings is 1. The molecule has 1 aliphatic heterocycles. The summed E-state index contributed by atoms with van der Waals surface area (Å²) in [6.07, 6.45) is 2.28. The van der Waals surface area contributed by atoms with E-state index in [9.17, 15) is 9.59 Å². The smallest absolute Gasteiger partial charge is 0.254 e. The van der Waals surface area contributed by atoms with Gasteiger partial charge in [0.2, 0.25) is 5.91 Å². The van der Waals surface area contributed by atoms with Gasteiger partial charge in [0.1, 0.15) is 0 Å². The number of hydrogen-bond donors (Lipinski definition) is 2. The molecule has 0 aromatic heterocycles. The highest BCUT2D eigenvalue weighted by Gasteiger charge is 2.22. The second-order valence-corrected chi connectivity index (χ2v) is 6.45. The second kappa shape index (κ2) is 11.8. The Labute approximate surface area is 178 Å². The van der Waals surface area contributed by atoms with Crippen molar-refractivity contribution in [1.82, 2.24) is 20.4 Å². The average Bonchev–Trinajstić information content (AvgIpc) is 2.66. The second-order valence-electron chi connectivity index (χ2n) is 6.45. The predicted molar refractivity (Wildman–Crippen MR) is 119 cm³/mol. The topological polar surface area (TPSA) is 77.0 Å². The van der Waals surface area contributed by atoms with Gasteiger partial charge in [-0.2, -0.15) is 0 Å². The van der Waals surface area contributed by atoms with Crippen LogP contribution >= 0.6 is 24.0 Å². The Bertz CT molecular complexity index is 648. The van der Waals surface area contributed by atoms with Crippen molar-refractivity contribution >= 4 is 41.8 Å². The van der Waals surface area contributed by atoms with Gasteiger partial charge in [0, 0.05) is 45.8 Å². The molecule has 1 aromatic rings. The van der Waals surface area contributed by atoms with Crippen molar-refractivity contribution in [2.75, 3.05) is 40.3 Å². The zero-order valence-electron chi connectivity index (χ0n) is 16.3. The van der Waals surface area contributed by atoms with Gasteiger partial charge in [-0.1, -0.05) is 25.5 Å².